The van der Waals surface area contributed by atoms with Crippen molar-refractivity contribution in [2.75, 3.05) is 11.0 Å². The first-order valence-corrected chi connectivity index (χ1v) is 11.8. The zero-order valence-electron chi connectivity index (χ0n) is 17.0. The summed E-state index contributed by atoms with van der Waals surface area (Å²) in [5.41, 5.74) is 6.06. The van der Waals surface area contributed by atoms with E-state index in [-0.39, 0.29) is 5.82 Å². The van der Waals surface area contributed by atoms with Crippen LogP contribution in [0.1, 0.15) is 16.7 Å². The number of H-pyrrole nitrogens is 1. The Morgan fingerprint density at radius 1 is 0.968 bits per heavy atom. The van der Waals surface area contributed by atoms with Gasteiger partial charge in [-0.3, -0.25) is 4.72 Å². The van der Waals surface area contributed by atoms with Crippen molar-refractivity contribution in [1.82, 2.24) is 4.98 Å². The zero-order chi connectivity index (χ0) is 21.9. The molecule has 0 saturated carbocycles. The molecule has 0 atom stereocenters. The molecule has 158 valence electrons. The molecule has 0 bridgehead atoms. The minimum Gasteiger partial charge on any atom is -0.352 e. The molecule has 4 aromatic rings. The zero-order valence-corrected chi connectivity index (χ0v) is 17.8. The number of rotatable bonds is 3. The normalized spacial score (nSPS) is 13.2. The van der Waals surface area contributed by atoms with Crippen LogP contribution in [0, 0.1) is 18.6 Å². The number of aryl methyl sites for hydroxylation is 3. The minimum atomic E-state index is -3.36. The molecule has 3 aromatic carbocycles. The summed E-state index contributed by atoms with van der Waals surface area (Å²) in [5, 5.41) is 0.813. The number of fused-ring (bicyclic) bond motifs is 5. The van der Waals surface area contributed by atoms with Crippen LogP contribution in [0.25, 0.3) is 33.3 Å². The molecule has 0 fully saturated rings. The number of hydrogen-bond acceptors (Lipinski definition) is 2. The molecule has 1 aromatic heterocycles. The molecule has 0 unspecified atom stereocenters. The van der Waals surface area contributed by atoms with Gasteiger partial charge in [-0.1, -0.05) is 30.3 Å². The van der Waals surface area contributed by atoms with Gasteiger partial charge in [-0.05, 0) is 60.2 Å². The second kappa shape index (κ2) is 6.92. The summed E-state index contributed by atoms with van der Waals surface area (Å²) < 4.78 is 55.0. The number of halogens is 2. The molecule has 4 nitrogen and oxygen atoms in total. The lowest BCUT2D eigenvalue weighted by Crippen LogP contribution is -2.10. The van der Waals surface area contributed by atoms with Crippen LogP contribution < -0.4 is 4.72 Å². The summed E-state index contributed by atoms with van der Waals surface area (Å²) in [6.45, 7) is 1.67. The van der Waals surface area contributed by atoms with E-state index in [1.165, 1.54) is 6.07 Å². The highest BCUT2D eigenvalue weighted by Crippen LogP contribution is 2.41. The van der Waals surface area contributed by atoms with Crippen molar-refractivity contribution in [3.63, 3.8) is 0 Å². The van der Waals surface area contributed by atoms with Crippen molar-refractivity contribution in [1.29, 1.82) is 0 Å². The summed E-state index contributed by atoms with van der Waals surface area (Å²) in [7, 11) is -3.36. The van der Waals surface area contributed by atoms with E-state index in [4.69, 9.17) is 0 Å². The lowest BCUT2D eigenvalue weighted by molar-refractivity contribution is 0.606. The lowest BCUT2D eigenvalue weighted by Gasteiger charge is -2.18. The van der Waals surface area contributed by atoms with Gasteiger partial charge in [-0.25, -0.2) is 17.2 Å². The summed E-state index contributed by atoms with van der Waals surface area (Å²) in [6, 6.07) is 13.7. The molecule has 0 aliphatic heterocycles. The molecule has 7 heteroatoms. The van der Waals surface area contributed by atoms with Crippen LogP contribution in [0.3, 0.4) is 0 Å². The Balaban J connectivity index is 1.63. The summed E-state index contributed by atoms with van der Waals surface area (Å²) in [5.74, 6) is -0.776. The van der Waals surface area contributed by atoms with Crippen LogP contribution in [-0.4, -0.2) is 19.7 Å². The first-order chi connectivity index (χ1) is 14.7. The van der Waals surface area contributed by atoms with Crippen molar-refractivity contribution in [3.8, 4) is 22.4 Å². The largest absolute Gasteiger partial charge is 0.352 e. The fourth-order valence-electron chi connectivity index (χ4n) is 4.34. The third-order valence-electron chi connectivity index (χ3n) is 5.82. The Morgan fingerprint density at radius 3 is 2.48 bits per heavy atom. The van der Waals surface area contributed by atoms with E-state index in [0.717, 1.165) is 40.4 Å². The maximum Gasteiger partial charge on any atom is 0.229 e. The third kappa shape index (κ3) is 3.39. The molecule has 0 radical (unpaired) electrons. The first-order valence-electron chi connectivity index (χ1n) is 9.92. The number of anilines is 1. The number of hydrogen-bond donors (Lipinski definition) is 2. The smallest absolute Gasteiger partial charge is 0.229 e. The van der Waals surface area contributed by atoms with Gasteiger partial charge in [0.2, 0.25) is 10.0 Å². The highest BCUT2D eigenvalue weighted by Gasteiger charge is 2.24. The lowest BCUT2D eigenvalue weighted by atomic mass is 9.88. The van der Waals surface area contributed by atoms with E-state index >= 15 is 4.39 Å². The van der Waals surface area contributed by atoms with Gasteiger partial charge in [0, 0.05) is 22.2 Å². The second-order valence-corrected chi connectivity index (χ2v) is 9.79. The Morgan fingerprint density at radius 2 is 1.74 bits per heavy atom. The molecule has 31 heavy (non-hydrogen) atoms. The molecule has 0 saturated heterocycles. The molecule has 1 heterocycles. The van der Waals surface area contributed by atoms with Crippen molar-refractivity contribution >= 4 is 26.6 Å². The fraction of sp³-hybridized carbons (Fsp3) is 0.167. The maximum absolute atomic E-state index is 15.5. The SMILES string of the molecule is Cc1ccc(-c2ccc3c4c([nH]c3c2F)-c2ccc(NS(C)(=O)=O)cc2CC4)cc1F. The molecule has 0 amide bonds. The van der Waals surface area contributed by atoms with Gasteiger partial charge >= 0.3 is 0 Å². The average Bonchev–Trinajstić information content (AvgIpc) is 3.09. The van der Waals surface area contributed by atoms with Crippen molar-refractivity contribution < 1.29 is 17.2 Å². The van der Waals surface area contributed by atoms with Gasteiger partial charge in [-0.15, -0.1) is 0 Å². The molecule has 1 aliphatic carbocycles. The number of benzene rings is 3. The van der Waals surface area contributed by atoms with Crippen LogP contribution in [0.4, 0.5) is 14.5 Å². The van der Waals surface area contributed by atoms with E-state index in [0.29, 0.717) is 34.3 Å². The topological polar surface area (TPSA) is 62.0 Å². The van der Waals surface area contributed by atoms with Crippen LogP contribution >= 0.6 is 0 Å². The molecule has 5 rings (SSSR count). The Kier molecular flexibility index (Phi) is 4.41. The van der Waals surface area contributed by atoms with Crippen molar-refractivity contribution in [2.24, 2.45) is 0 Å². The number of nitrogens with one attached hydrogen (secondary N) is 2. The van der Waals surface area contributed by atoms with E-state index in [1.54, 1.807) is 31.2 Å². The van der Waals surface area contributed by atoms with Crippen LogP contribution in [0.15, 0.2) is 48.5 Å². The van der Waals surface area contributed by atoms with Crippen LogP contribution in [0.5, 0.6) is 0 Å². The number of aromatic amines is 1. The van der Waals surface area contributed by atoms with E-state index in [9.17, 15) is 12.8 Å². The van der Waals surface area contributed by atoms with Gasteiger partial charge in [0.15, 0.2) is 5.82 Å². The summed E-state index contributed by atoms with van der Waals surface area (Å²) in [6.07, 6.45) is 2.55. The summed E-state index contributed by atoms with van der Waals surface area (Å²) >= 11 is 0. The van der Waals surface area contributed by atoms with Crippen LogP contribution in [0.2, 0.25) is 0 Å². The van der Waals surface area contributed by atoms with Gasteiger partial charge in [-0.2, -0.15) is 0 Å². The average molecular weight is 438 g/mol. The Labute approximate surface area is 179 Å². The predicted octanol–water partition coefficient (Wildman–Crippen LogP) is 5.56. The monoisotopic (exact) mass is 438 g/mol. The molecular weight excluding hydrogens is 418 g/mol. The van der Waals surface area contributed by atoms with E-state index < -0.39 is 15.8 Å². The number of aromatic nitrogens is 1. The maximum atomic E-state index is 15.5. The van der Waals surface area contributed by atoms with Gasteiger partial charge in [0.25, 0.3) is 0 Å². The molecule has 2 N–H and O–H groups in total. The third-order valence-corrected chi connectivity index (χ3v) is 6.43. The van der Waals surface area contributed by atoms with Crippen molar-refractivity contribution in [3.05, 3.63) is 76.9 Å². The van der Waals surface area contributed by atoms with Gasteiger partial charge in [0.1, 0.15) is 5.82 Å². The Bertz CT molecular complexity index is 1470. The van der Waals surface area contributed by atoms with E-state index in [2.05, 4.69) is 9.71 Å². The number of sulfonamides is 1. The predicted molar refractivity (Wildman–Crippen MR) is 120 cm³/mol. The quantitative estimate of drug-likeness (QED) is 0.440. The van der Waals surface area contributed by atoms with Gasteiger partial charge < -0.3 is 4.98 Å². The second-order valence-electron chi connectivity index (χ2n) is 8.04. The Hall–Kier alpha value is -3.19. The highest BCUT2D eigenvalue weighted by molar-refractivity contribution is 7.92. The summed E-state index contributed by atoms with van der Waals surface area (Å²) in [4.78, 5) is 3.24. The van der Waals surface area contributed by atoms with Crippen molar-refractivity contribution in [2.45, 2.75) is 19.8 Å². The van der Waals surface area contributed by atoms with Gasteiger partial charge in [0.05, 0.1) is 17.5 Å². The highest BCUT2D eigenvalue weighted by atomic mass is 32.2. The van der Waals surface area contributed by atoms with E-state index in [1.807, 2.05) is 18.2 Å². The molecular formula is C24H20F2N2O2S. The molecule has 0 spiro atoms. The standard InChI is InChI=1S/C24H20F2N2O2S/c1-13-3-4-15(12-21(13)25)17-9-10-20-19-7-5-14-11-16(28-31(2,29)30)6-8-18(14)23(19)27-24(20)22(17)26/h3-4,6,8-12,27-28H,5,7H2,1-2H3. The minimum absolute atomic E-state index is 0.345. The van der Waals surface area contributed by atoms with Crippen LogP contribution in [-0.2, 0) is 22.9 Å². The molecule has 1 aliphatic rings. The fourth-order valence-corrected chi connectivity index (χ4v) is 4.89. The first kappa shape index (κ1) is 19.8.